The summed E-state index contributed by atoms with van der Waals surface area (Å²) in [4.78, 5) is 19.4. The summed E-state index contributed by atoms with van der Waals surface area (Å²) in [6.07, 6.45) is 3.85. The van der Waals surface area contributed by atoms with E-state index in [0.717, 1.165) is 44.8 Å². The number of piperazine rings is 1. The van der Waals surface area contributed by atoms with E-state index in [2.05, 4.69) is 39.2 Å². The molecular formula is C20H29N5O. The number of hydrogen-bond donors (Lipinski definition) is 0. The van der Waals surface area contributed by atoms with Crippen LogP contribution >= 0.6 is 0 Å². The van der Waals surface area contributed by atoms with Crippen molar-refractivity contribution >= 4 is 5.91 Å². The first-order valence-electron chi connectivity index (χ1n) is 9.26. The van der Waals surface area contributed by atoms with Gasteiger partial charge in [-0.3, -0.25) is 19.3 Å². The Labute approximate surface area is 156 Å². The van der Waals surface area contributed by atoms with Gasteiger partial charge in [-0.2, -0.15) is 5.10 Å². The van der Waals surface area contributed by atoms with Crippen molar-refractivity contribution in [2.75, 3.05) is 33.2 Å². The zero-order chi connectivity index (χ0) is 18.5. The largest absolute Gasteiger partial charge is 0.339 e. The number of likely N-dealkylation sites (N-methyl/N-ethyl adjacent to an activating group) is 1. The molecule has 6 heteroatoms. The number of carbonyl (C=O) groups is 1. The van der Waals surface area contributed by atoms with Crippen molar-refractivity contribution < 1.29 is 4.79 Å². The zero-order valence-electron chi connectivity index (χ0n) is 16.0. The highest BCUT2D eigenvalue weighted by molar-refractivity contribution is 5.81. The predicted molar refractivity (Wildman–Crippen MR) is 102 cm³/mol. The van der Waals surface area contributed by atoms with Crippen LogP contribution in [0.4, 0.5) is 0 Å². The van der Waals surface area contributed by atoms with Crippen molar-refractivity contribution in [2.45, 2.75) is 26.1 Å². The summed E-state index contributed by atoms with van der Waals surface area (Å²) in [6, 6.07) is 10.4. The number of carbonyl (C=O) groups excluding carboxylic acids is 1. The summed E-state index contributed by atoms with van der Waals surface area (Å²) in [7, 11) is 3.91. The molecule has 1 fully saturated rings. The van der Waals surface area contributed by atoms with E-state index in [1.54, 1.807) is 4.68 Å². The van der Waals surface area contributed by atoms with E-state index >= 15 is 0 Å². The summed E-state index contributed by atoms with van der Waals surface area (Å²) in [5.41, 5.74) is 2.46. The average Bonchev–Trinajstić information content (AvgIpc) is 3.06. The third kappa shape index (κ3) is 4.71. The topological polar surface area (TPSA) is 44.6 Å². The van der Waals surface area contributed by atoms with Gasteiger partial charge in [0, 0.05) is 58.1 Å². The van der Waals surface area contributed by atoms with Crippen LogP contribution in [0.5, 0.6) is 0 Å². The molecule has 0 unspecified atom stereocenters. The molecule has 1 aromatic heterocycles. The Kier molecular flexibility index (Phi) is 6.06. The summed E-state index contributed by atoms with van der Waals surface area (Å²) in [6.45, 7) is 7.15. The van der Waals surface area contributed by atoms with Crippen LogP contribution in [-0.2, 0) is 24.9 Å². The van der Waals surface area contributed by atoms with Gasteiger partial charge in [-0.15, -0.1) is 0 Å². The van der Waals surface area contributed by atoms with E-state index in [-0.39, 0.29) is 11.9 Å². The molecule has 0 radical (unpaired) electrons. The number of rotatable bonds is 6. The van der Waals surface area contributed by atoms with Crippen LogP contribution < -0.4 is 0 Å². The maximum absolute atomic E-state index is 12.8. The standard InChI is InChI=1S/C20H29N5O/c1-17(22(2)14-19-13-21-23(3)15-19)20(26)25-11-9-24(10-12-25)16-18-7-5-4-6-8-18/h4-8,13,15,17H,9-12,14,16H2,1-3H3/t17-/m0/s1. The lowest BCUT2D eigenvalue weighted by molar-refractivity contribution is -0.138. The van der Waals surface area contributed by atoms with Crippen LogP contribution in [0, 0.1) is 0 Å². The second-order valence-electron chi connectivity index (χ2n) is 7.20. The SMILES string of the molecule is C[C@@H](C(=O)N1CCN(Cc2ccccc2)CC1)N(C)Cc1cnn(C)c1. The molecule has 0 N–H and O–H groups in total. The number of nitrogens with zero attached hydrogens (tertiary/aromatic N) is 5. The summed E-state index contributed by atoms with van der Waals surface area (Å²) >= 11 is 0. The van der Waals surface area contributed by atoms with E-state index < -0.39 is 0 Å². The lowest BCUT2D eigenvalue weighted by atomic mass is 10.1. The molecule has 1 aromatic carbocycles. The molecule has 1 amide bonds. The van der Waals surface area contributed by atoms with Crippen LogP contribution in [0.2, 0.25) is 0 Å². The lowest BCUT2D eigenvalue weighted by Gasteiger charge is -2.37. The molecule has 1 saturated heterocycles. The highest BCUT2D eigenvalue weighted by atomic mass is 16.2. The summed E-state index contributed by atoms with van der Waals surface area (Å²) in [5.74, 6) is 0.218. The minimum atomic E-state index is -0.129. The molecule has 0 spiro atoms. The number of benzene rings is 1. The molecule has 0 aliphatic carbocycles. The maximum Gasteiger partial charge on any atom is 0.239 e. The quantitative estimate of drug-likeness (QED) is 0.789. The van der Waals surface area contributed by atoms with E-state index in [4.69, 9.17) is 0 Å². The Morgan fingerprint density at radius 2 is 1.85 bits per heavy atom. The highest BCUT2D eigenvalue weighted by Gasteiger charge is 2.27. The van der Waals surface area contributed by atoms with Crippen molar-refractivity contribution in [3.63, 3.8) is 0 Å². The molecule has 140 valence electrons. The van der Waals surface area contributed by atoms with E-state index in [9.17, 15) is 4.79 Å². The van der Waals surface area contributed by atoms with E-state index in [1.165, 1.54) is 5.56 Å². The minimum absolute atomic E-state index is 0.129. The third-order valence-electron chi connectivity index (χ3n) is 5.14. The van der Waals surface area contributed by atoms with Crippen molar-refractivity contribution in [2.24, 2.45) is 7.05 Å². The number of amides is 1. The Hall–Kier alpha value is -2.18. The molecule has 2 aromatic rings. The second kappa shape index (κ2) is 8.47. The molecule has 2 heterocycles. The Morgan fingerprint density at radius 1 is 1.15 bits per heavy atom. The fourth-order valence-corrected chi connectivity index (χ4v) is 3.40. The van der Waals surface area contributed by atoms with Gasteiger partial charge in [0.1, 0.15) is 0 Å². The maximum atomic E-state index is 12.8. The molecule has 1 atom stereocenters. The first-order valence-corrected chi connectivity index (χ1v) is 9.26. The average molecular weight is 355 g/mol. The summed E-state index contributed by atoms with van der Waals surface area (Å²) in [5, 5.41) is 4.20. The zero-order valence-corrected chi connectivity index (χ0v) is 16.0. The number of hydrogen-bond acceptors (Lipinski definition) is 4. The molecule has 6 nitrogen and oxygen atoms in total. The van der Waals surface area contributed by atoms with Crippen molar-refractivity contribution in [1.29, 1.82) is 0 Å². The Morgan fingerprint density at radius 3 is 2.46 bits per heavy atom. The lowest BCUT2D eigenvalue weighted by Crippen LogP contribution is -2.53. The third-order valence-corrected chi connectivity index (χ3v) is 5.14. The number of aryl methyl sites for hydroxylation is 1. The molecule has 1 aliphatic heterocycles. The highest BCUT2D eigenvalue weighted by Crippen LogP contribution is 2.12. The molecule has 1 aliphatic rings. The molecule has 0 bridgehead atoms. The van der Waals surface area contributed by atoms with Gasteiger partial charge in [0.25, 0.3) is 0 Å². The normalized spacial score (nSPS) is 16.8. The van der Waals surface area contributed by atoms with Crippen LogP contribution in [-0.4, -0.2) is 69.7 Å². The van der Waals surface area contributed by atoms with Crippen LogP contribution in [0.25, 0.3) is 0 Å². The first kappa shape index (κ1) is 18.6. The predicted octanol–water partition coefficient (Wildman–Crippen LogP) is 1.58. The van der Waals surface area contributed by atoms with Gasteiger partial charge in [0.05, 0.1) is 12.2 Å². The van der Waals surface area contributed by atoms with Crippen LogP contribution in [0.1, 0.15) is 18.1 Å². The Bertz CT molecular complexity index is 706. The molecular weight excluding hydrogens is 326 g/mol. The monoisotopic (exact) mass is 355 g/mol. The molecule has 26 heavy (non-hydrogen) atoms. The summed E-state index contributed by atoms with van der Waals surface area (Å²) < 4.78 is 1.79. The van der Waals surface area contributed by atoms with E-state index in [1.807, 2.05) is 44.4 Å². The van der Waals surface area contributed by atoms with Crippen LogP contribution in [0.15, 0.2) is 42.7 Å². The van der Waals surface area contributed by atoms with Gasteiger partial charge in [0.2, 0.25) is 5.91 Å². The van der Waals surface area contributed by atoms with Crippen molar-refractivity contribution in [1.82, 2.24) is 24.5 Å². The van der Waals surface area contributed by atoms with E-state index in [0.29, 0.717) is 0 Å². The van der Waals surface area contributed by atoms with Crippen LogP contribution in [0.3, 0.4) is 0 Å². The number of aromatic nitrogens is 2. The fourth-order valence-electron chi connectivity index (χ4n) is 3.40. The van der Waals surface area contributed by atoms with Gasteiger partial charge in [-0.05, 0) is 19.5 Å². The van der Waals surface area contributed by atoms with Crippen molar-refractivity contribution in [3.05, 3.63) is 53.9 Å². The molecule has 0 saturated carbocycles. The second-order valence-corrected chi connectivity index (χ2v) is 7.20. The van der Waals surface area contributed by atoms with Gasteiger partial charge >= 0.3 is 0 Å². The molecule has 3 rings (SSSR count). The van der Waals surface area contributed by atoms with Gasteiger partial charge in [0.15, 0.2) is 0 Å². The van der Waals surface area contributed by atoms with Gasteiger partial charge in [-0.1, -0.05) is 30.3 Å². The van der Waals surface area contributed by atoms with Gasteiger partial charge in [-0.25, -0.2) is 0 Å². The van der Waals surface area contributed by atoms with Crippen molar-refractivity contribution in [3.8, 4) is 0 Å². The van der Waals surface area contributed by atoms with Gasteiger partial charge < -0.3 is 4.90 Å². The fraction of sp³-hybridized carbons (Fsp3) is 0.500. The Balaban J connectivity index is 1.47. The first-order chi connectivity index (χ1) is 12.5. The smallest absolute Gasteiger partial charge is 0.239 e. The minimum Gasteiger partial charge on any atom is -0.339 e.